The number of hydrogen-bond acceptors (Lipinski definition) is 4. The summed E-state index contributed by atoms with van der Waals surface area (Å²) in [6, 6.07) is 3.91. The molecule has 0 spiro atoms. The summed E-state index contributed by atoms with van der Waals surface area (Å²) in [6.07, 6.45) is 5.62. The molecule has 0 bridgehead atoms. The van der Waals surface area contributed by atoms with E-state index in [-0.39, 0.29) is 5.91 Å². The minimum atomic E-state index is -0.105. The number of oxazole rings is 1. The number of nitrogens with zero attached hydrogens (tertiary/aromatic N) is 3. The minimum Gasteiger partial charge on any atom is -0.438 e. The van der Waals surface area contributed by atoms with Gasteiger partial charge in [-0.05, 0) is 38.0 Å². The van der Waals surface area contributed by atoms with Crippen molar-refractivity contribution in [2.45, 2.75) is 20.3 Å². The van der Waals surface area contributed by atoms with Crippen molar-refractivity contribution in [3.8, 4) is 0 Å². The standard InChI is InChI=1S/C14H17N3O2/c1-3-17(9-6-12-4-7-15-8-5-12)14(18)13-11(2)16-10-19-13/h4-5,7-8,10H,3,6,9H2,1-2H3. The van der Waals surface area contributed by atoms with Gasteiger partial charge >= 0.3 is 0 Å². The van der Waals surface area contributed by atoms with E-state index in [4.69, 9.17) is 4.42 Å². The third-order valence-electron chi connectivity index (χ3n) is 3.03. The Bertz CT molecular complexity index is 537. The zero-order valence-electron chi connectivity index (χ0n) is 11.2. The highest BCUT2D eigenvalue weighted by Crippen LogP contribution is 2.10. The van der Waals surface area contributed by atoms with Gasteiger partial charge in [0.2, 0.25) is 5.76 Å². The van der Waals surface area contributed by atoms with Crippen LogP contribution in [0.1, 0.15) is 28.7 Å². The van der Waals surface area contributed by atoms with Gasteiger partial charge in [-0.15, -0.1) is 0 Å². The monoisotopic (exact) mass is 259 g/mol. The molecule has 0 fully saturated rings. The number of pyridine rings is 1. The van der Waals surface area contributed by atoms with Crippen molar-refractivity contribution in [2.24, 2.45) is 0 Å². The molecule has 0 atom stereocenters. The molecule has 0 aliphatic heterocycles. The molecule has 19 heavy (non-hydrogen) atoms. The van der Waals surface area contributed by atoms with Gasteiger partial charge in [0.15, 0.2) is 6.39 Å². The van der Waals surface area contributed by atoms with E-state index in [0.29, 0.717) is 24.5 Å². The summed E-state index contributed by atoms with van der Waals surface area (Å²) in [5, 5.41) is 0. The lowest BCUT2D eigenvalue weighted by molar-refractivity contribution is 0.0733. The fourth-order valence-corrected chi connectivity index (χ4v) is 1.87. The highest BCUT2D eigenvalue weighted by molar-refractivity contribution is 5.92. The molecule has 100 valence electrons. The van der Waals surface area contributed by atoms with E-state index < -0.39 is 0 Å². The smallest absolute Gasteiger partial charge is 0.291 e. The number of aryl methyl sites for hydroxylation is 1. The zero-order valence-corrected chi connectivity index (χ0v) is 11.2. The number of carbonyl (C=O) groups is 1. The molecule has 0 saturated carbocycles. The number of hydrogen-bond donors (Lipinski definition) is 0. The average Bonchev–Trinajstić information content (AvgIpc) is 2.86. The van der Waals surface area contributed by atoms with Gasteiger partial charge in [0.1, 0.15) is 0 Å². The van der Waals surface area contributed by atoms with Gasteiger partial charge in [-0.3, -0.25) is 9.78 Å². The second-order valence-electron chi connectivity index (χ2n) is 4.26. The second kappa shape index (κ2) is 6.13. The van der Waals surface area contributed by atoms with Crippen LogP contribution in [0.25, 0.3) is 0 Å². The van der Waals surface area contributed by atoms with E-state index in [2.05, 4.69) is 9.97 Å². The summed E-state index contributed by atoms with van der Waals surface area (Å²) in [5.74, 6) is 0.225. The van der Waals surface area contributed by atoms with E-state index in [9.17, 15) is 4.79 Å². The van der Waals surface area contributed by atoms with Crippen LogP contribution >= 0.6 is 0 Å². The highest BCUT2D eigenvalue weighted by Gasteiger charge is 2.19. The first-order valence-electron chi connectivity index (χ1n) is 6.30. The van der Waals surface area contributed by atoms with E-state index in [1.807, 2.05) is 19.1 Å². The molecule has 0 N–H and O–H groups in total. The van der Waals surface area contributed by atoms with Gasteiger partial charge < -0.3 is 9.32 Å². The molecule has 2 rings (SSSR count). The largest absolute Gasteiger partial charge is 0.438 e. The van der Waals surface area contributed by atoms with Gasteiger partial charge in [-0.25, -0.2) is 4.98 Å². The van der Waals surface area contributed by atoms with Crippen LogP contribution < -0.4 is 0 Å². The van der Waals surface area contributed by atoms with Crippen LogP contribution in [-0.2, 0) is 6.42 Å². The molecular weight excluding hydrogens is 242 g/mol. The molecule has 1 amide bonds. The van der Waals surface area contributed by atoms with Crippen molar-refractivity contribution in [3.63, 3.8) is 0 Å². The first-order valence-corrected chi connectivity index (χ1v) is 6.30. The maximum absolute atomic E-state index is 12.3. The number of likely N-dealkylation sites (N-methyl/N-ethyl adjacent to an activating group) is 1. The topological polar surface area (TPSA) is 59.2 Å². The van der Waals surface area contributed by atoms with Gasteiger partial charge in [0.25, 0.3) is 5.91 Å². The molecule has 2 aromatic heterocycles. The molecule has 5 heteroatoms. The SMILES string of the molecule is CCN(CCc1ccncc1)C(=O)c1ocnc1C. The van der Waals surface area contributed by atoms with Crippen molar-refractivity contribution in [2.75, 3.05) is 13.1 Å². The Hall–Kier alpha value is -2.17. The first kappa shape index (κ1) is 13.3. The molecule has 5 nitrogen and oxygen atoms in total. The van der Waals surface area contributed by atoms with Crippen LogP contribution in [0.4, 0.5) is 0 Å². The number of rotatable bonds is 5. The Morgan fingerprint density at radius 2 is 2.11 bits per heavy atom. The van der Waals surface area contributed by atoms with E-state index in [1.54, 1.807) is 24.2 Å². The maximum atomic E-state index is 12.3. The molecule has 2 aromatic rings. The Labute approximate surface area is 112 Å². The van der Waals surface area contributed by atoms with E-state index >= 15 is 0 Å². The molecule has 0 aromatic carbocycles. The third kappa shape index (κ3) is 3.19. The normalized spacial score (nSPS) is 10.4. The minimum absolute atomic E-state index is 0.105. The van der Waals surface area contributed by atoms with Gasteiger partial charge in [0, 0.05) is 25.5 Å². The van der Waals surface area contributed by atoms with Gasteiger partial charge in [0.05, 0.1) is 5.69 Å². The molecule has 0 unspecified atom stereocenters. The highest BCUT2D eigenvalue weighted by atomic mass is 16.3. The zero-order chi connectivity index (χ0) is 13.7. The lowest BCUT2D eigenvalue weighted by Crippen LogP contribution is -2.32. The Kier molecular flexibility index (Phi) is 4.28. The summed E-state index contributed by atoms with van der Waals surface area (Å²) < 4.78 is 5.15. The summed E-state index contributed by atoms with van der Waals surface area (Å²) in [7, 11) is 0. The third-order valence-corrected chi connectivity index (χ3v) is 3.03. The lowest BCUT2D eigenvalue weighted by Gasteiger charge is -2.19. The molecule has 0 aliphatic carbocycles. The second-order valence-corrected chi connectivity index (χ2v) is 4.26. The van der Waals surface area contributed by atoms with Crippen LogP contribution in [0.15, 0.2) is 35.3 Å². The van der Waals surface area contributed by atoms with Gasteiger partial charge in [-0.1, -0.05) is 0 Å². The average molecular weight is 259 g/mol. The van der Waals surface area contributed by atoms with Crippen LogP contribution in [0, 0.1) is 6.92 Å². The summed E-state index contributed by atoms with van der Waals surface area (Å²) >= 11 is 0. The van der Waals surface area contributed by atoms with Crippen LogP contribution in [0.2, 0.25) is 0 Å². The predicted molar refractivity (Wildman–Crippen MR) is 70.8 cm³/mol. The van der Waals surface area contributed by atoms with Gasteiger partial charge in [-0.2, -0.15) is 0 Å². The fraction of sp³-hybridized carbons (Fsp3) is 0.357. The molecule has 0 aliphatic rings. The molecule has 0 saturated heterocycles. The molecule has 0 radical (unpaired) electrons. The predicted octanol–water partition coefficient (Wildman–Crippen LogP) is 2.08. The fourth-order valence-electron chi connectivity index (χ4n) is 1.87. The number of carbonyl (C=O) groups excluding carboxylic acids is 1. The van der Waals surface area contributed by atoms with Crippen molar-refractivity contribution >= 4 is 5.91 Å². The van der Waals surface area contributed by atoms with Crippen molar-refractivity contribution < 1.29 is 9.21 Å². The summed E-state index contributed by atoms with van der Waals surface area (Å²) in [4.78, 5) is 21.9. The lowest BCUT2D eigenvalue weighted by atomic mass is 10.2. The van der Waals surface area contributed by atoms with Crippen molar-refractivity contribution in [1.29, 1.82) is 0 Å². The van der Waals surface area contributed by atoms with E-state index in [0.717, 1.165) is 12.0 Å². The molecule has 2 heterocycles. The van der Waals surface area contributed by atoms with Crippen molar-refractivity contribution in [3.05, 3.63) is 47.9 Å². The quantitative estimate of drug-likeness (QED) is 0.825. The molecular formula is C14H17N3O2. The van der Waals surface area contributed by atoms with Crippen LogP contribution in [0.5, 0.6) is 0 Å². The Balaban J connectivity index is 2.01. The number of aromatic nitrogens is 2. The summed E-state index contributed by atoms with van der Waals surface area (Å²) in [6.45, 7) is 5.02. The Morgan fingerprint density at radius 1 is 1.37 bits per heavy atom. The van der Waals surface area contributed by atoms with Crippen LogP contribution in [0.3, 0.4) is 0 Å². The maximum Gasteiger partial charge on any atom is 0.291 e. The Morgan fingerprint density at radius 3 is 2.68 bits per heavy atom. The number of amides is 1. The summed E-state index contributed by atoms with van der Waals surface area (Å²) in [5.41, 5.74) is 1.79. The van der Waals surface area contributed by atoms with Crippen LogP contribution in [-0.4, -0.2) is 33.9 Å². The first-order chi connectivity index (χ1) is 9.22. The van der Waals surface area contributed by atoms with E-state index in [1.165, 1.54) is 6.39 Å². The van der Waals surface area contributed by atoms with Crippen molar-refractivity contribution in [1.82, 2.24) is 14.9 Å².